The fourth-order valence-electron chi connectivity index (χ4n) is 3.13. The number of nitrogens with one attached hydrogen (secondary N) is 1. The molecule has 1 fully saturated rings. The van der Waals surface area contributed by atoms with Crippen molar-refractivity contribution < 1.29 is 4.79 Å². The van der Waals surface area contributed by atoms with Crippen molar-refractivity contribution in [1.29, 1.82) is 0 Å². The third kappa shape index (κ3) is 1.83. The molecule has 1 saturated heterocycles. The first-order valence-corrected chi connectivity index (χ1v) is 6.81. The summed E-state index contributed by atoms with van der Waals surface area (Å²) in [6, 6.07) is 7.20. The zero-order valence-corrected chi connectivity index (χ0v) is 11.1. The molecule has 1 aromatic rings. The highest BCUT2D eigenvalue weighted by molar-refractivity contribution is 6.00. The number of hydrogen-bond acceptors (Lipinski definition) is 2. The first-order chi connectivity index (χ1) is 8.69. The van der Waals surface area contributed by atoms with Gasteiger partial charge >= 0.3 is 0 Å². The zero-order valence-electron chi connectivity index (χ0n) is 11.1. The predicted molar refractivity (Wildman–Crippen MR) is 73.0 cm³/mol. The number of carbonyl (C=O) groups excluding carboxylic acids is 1. The topological polar surface area (TPSA) is 32.3 Å². The summed E-state index contributed by atoms with van der Waals surface area (Å²) in [6.07, 6.45) is 2.98. The minimum atomic E-state index is 0.207. The second-order valence-corrected chi connectivity index (χ2v) is 5.46. The van der Waals surface area contributed by atoms with E-state index in [2.05, 4.69) is 30.4 Å². The summed E-state index contributed by atoms with van der Waals surface area (Å²) in [7, 11) is 1.86. The van der Waals surface area contributed by atoms with Crippen LogP contribution in [0.5, 0.6) is 0 Å². The van der Waals surface area contributed by atoms with E-state index in [0.29, 0.717) is 18.4 Å². The summed E-state index contributed by atoms with van der Waals surface area (Å²) in [5.74, 6) is 0.819. The Bertz CT molecular complexity index is 483. The van der Waals surface area contributed by atoms with E-state index in [0.717, 1.165) is 12.2 Å². The lowest BCUT2D eigenvalue weighted by atomic mass is 9.93. The predicted octanol–water partition coefficient (Wildman–Crippen LogP) is 2.06. The third-order valence-electron chi connectivity index (χ3n) is 4.37. The monoisotopic (exact) mass is 244 g/mol. The molecule has 2 aliphatic heterocycles. The number of nitrogens with zero attached hydrogens (tertiary/aromatic N) is 1. The number of amides is 1. The summed E-state index contributed by atoms with van der Waals surface area (Å²) in [4.78, 5) is 13.4. The molecule has 0 aromatic heterocycles. The quantitative estimate of drug-likeness (QED) is 0.863. The Morgan fingerprint density at radius 1 is 1.44 bits per heavy atom. The molecule has 2 atom stereocenters. The van der Waals surface area contributed by atoms with E-state index in [4.69, 9.17) is 0 Å². The van der Waals surface area contributed by atoms with Crippen LogP contribution in [0.15, 0.2) is 18.2 Å². The number of benzene rings is 1. The van der Waals surface area contributed by atoms with Gasteiger partial charge in [0.25, 0.3) is 0 Å². The van der Waals surface area contributed by atoms with Crippen molar-refractivity contribution in [1.82, 2.24) is 5.32 Å². The van der Waals surface area contributed by atoms with Crippen LogP contribution in [-0.2, 0) is 11.2 Å². The maximum Gasteiger partial charge on any atom is 0.231 e. The second kappa shape index (κ2) is 4.39. The van der Waals surface area contributed by atoms with Crippen LogP contribution >= 0.6 is 0 Å². The van der Waals surface area contributed by atoms with Gasteiger partial charge in [0, 0.05) is 25.3 Å². The van der Waals surface area contributed by atoms with E-state index in [1.54, 1.807) is 4.90 Å². The summed E-state index contributed by atoms with van der Waals surface area (Å²) in [5, 5.41) is 3.56. The molecule has 3 heteroatoms. The van der Waals surface area contributed by atoms with Gasteiger partial charge in [-0.05, 0) is 36.0 Å². The van der Waals surface area contributed by atoms with E-state index >= 15 is 0 Å². The van der Waals surface area contributed by atoms with Crippen LogP contribution in [0.25, 0.3) is 0 Å². The number of hydrogen-bond donors (Lipinski definition) is 1. The van der Waals surface area contributed by atoms with Gasteiger partial charge in [-0.2, -0.15) is 0 Å². The molecule has 0 spiro atoms. The molecule has 0 aliphatic carbocycles. The fourth-order valence-corrected chi connectivity index (χ4v) is 3.13. The number of rotatable bonds is 2. The molecular formula is C15H20N2O. The maximum atomic E-state index is 11.7. The standard InChI is InChI=1S/C15H20N2O/c1-3-13-7-12(9-16-13)10-4-5-14-11(6-10)8-15(18)17(14)2/h4-6,12-13,16H,3,7-9H2,1-2H3. The molecule has 2 aliphatic rings. The average Bonchev–Trinajstić information content (AvgIpc) is 2.95. The van der Waals surface area contributed by atoms with E-state index in [9.17, 15) is 4.79 Å². The molecule has 2 unspecified atom stereocenters. The van der Waals surface area contributed by atoms with Crippen LogP contribution < -0.4 is 10.2 Å². The Labute approximate surface area is 108 Å². The minimum absolute atomic E-state index is 0.207. The molecule has 0 radical (unpaired) electrons. The molecule has 3 rings (SSSR count). The van der Waals surface area contributed by atoms with Crippen molar-refractivity contribution in [2.24, 2.45) is 0 Å². The Morgan fingerprint density at radius 2 is 2.28 bits per heavy atom. The number of carbonyl (C=O) groups is 1. The summed E-state index contributed by atoms with van der Waals surface area (Å²) >= 11 is 0. The average molecular weight is 244 g/mol. The molecule has 1 amide bonds. The zero-order chi connectivity index (χ0) is 12.7. The summed E-state index contributed by atoms with van der Waals surface area (Å²) in [6.45, 7) is 3.30. The van der Waals surface area contributed by atoms with Crippen LogP contribution in [0.1, 0.15) is 36.8 Å². The highest BCUT2D eigenvalue weighted by Gasteiger charge is 2.28. The molecule has 18 heavy (non-hydrogen) atoms. The molecule has 1 N–H and O–H groups in total. The van der Waals surface area contributed by atoms with Crippen LogP contribution in [0.3, 0.4) is 0 Å². The lowest BCUT2D eigenvalue weighted by Crippen LogP contribution is -2.20. The lowest BCUT2D eigenvalue weighted by molar-refractivity contribution is -0.117. The van der Waals surface area contributed by atoms with Crippen LogP contribution in [0.4, 0.5) is 5.69 Å². The van der Waals surface area contributed by atoms with Crippen LogP contribution in [-0.4, -0.2) is 25.5 Å². The molecule has 1 aromatic carbocycles. The van der Waals surface area contributed by atoms with E-state index in [1.165, 1.54) is 24.0 Å². The van der Waals surface area contributed by atoms with Gasteiger partial charge in [0.2, 0.25) is 5.91 Å². The minimum Gasteiger partial charge on any atom is -0.315 e. The van der Waals surface area contributed by atoms with Gasteiger partial charge in [0.05, 0.1) is 6.42 Å². The van der Waals surface area contributed by atoms with Crippen molar-refractivity contribution >= 4 is 11.6 Å². The Morgan fingerprint density at radius 3 is 3.00 bits per heavy atom. The van der Waals surface area contributed by atoms with Crippen molar-refractivity contribution in [3.63, 3.8) is 0 Å². The Kier molecular flexibility index (Phi) is 2.86. The van der Waals surface area contributed by atoms with Gasteiger partial charge < -0.3 is 10.2 Å². The highest BCUT2D eigenvalue weighted by atomic mass is 16.2. The van der Waals surface area contributed by atoms with Gasteiger partial charge in [-0.1, -0.05) is 19.1 Å². The van der Waals surface area contributed by atoms with Gasteiger partial charge in [0.15, 0.2) is 0 Å². The maximum absolute atomic E-state index is 11.7. The van der Waals surface area contributed by atoms with E-state index < -0.39 is 0 Å². The van der Waals surface area contributed by atoms with Crippen molar-refractivity contribution in [3.05, 3.63) is 29.3 Å². The molecule has 3 nitrogen and oxygen atoms in total. The molecular weight excluding hydrogens is 224 g/mol. The van der Waals surface area contributed by atoms with Crippen molar-refractivity contribution in [2.75, 3.05) is 18.5 Å². The van der Waals surface area contributed by atoms with Gasteiger partial charge in [0.1, 0.15) is 0 Å². The number of fused-ring (bicyclic) bond motifs is 1. The van der Waals surface area contributed by atoms with Gasteiger partial charge in [-0.25, -0.2) is 0 Å². The molecule has 0 saturated carbocycles. The highest BCUT2D eigenvalue weighted by Crippen LogP contribution is 2.33. The first kappa shape index (κ1) is 11.7. The number of likely N-dealkylation sites (N-methyl/N-ethyl adjacent to an activating group) is 1. The lowest BCUT2D eigenvalue weighted by Gasteiger charge is -2.13. The van der Waals surface area contributed by atoms with E-state index in [-0.39, 0.29) is 5.91 Å². The molecule has 96 valence electrons. The first-order valence-electron chi connectivity index (χ1n) is 6.81. The van der Waals surface area contributed by atoms with Crippen LogP contribution in [0.2, 0.25) is 0 Å². The summed E-state index contributed by atoms with van der Waals surface area (Å²) in [5.41, 5.74) is 3.67. The smallest absolute Gasteiger partial charge is 0.231 e. The van der Waals surface area contributed by atoms with Gasteiger partial charge in [-0.15, -0.1) is 0 Å². The Balaban J connectivity index is 1.84. The summed E-state index contributed by atoms with van der Waals surface area (Å²) < 4.78 is 0. The third-order valence-corrected chi connectivity index (χ3v) is 4.37. The van der Waals surface area contributed by atoms with E-state index in [1.807, 2.05) is 7.05 Å². The molecule has 0 bridgehead atoms. The molecule has 2 heterocycles. The van der Waals surface area contributed by atoms with Crippen LogP contribution in [0, 0.1) is 0 Å². The Hall–Kier alpha value is -1.35. The second-order valence-electron chi connectivity index (χ2n) is 5.46. The normalized spacial score (nSPS) is 26.8. The largest absolute Gasteiger partial charge is 0.315 e. The number of anilines is 1. The SMILES string of the molecule is CCC1CC(c2ccc3c(c2)CC(=O)N3C)CN1. The van der Waals surface area contributed by atoms with Gasteiger partial charge in [-0.3, -0.25) is 4.79 Å². The van der Waals surface area contributed by atoms with Crippen molar-refractivity contribution in [3.8, 4) is 0 Å². The fraction of sp³-hybridized carbons (Fsp3) is 0.533. The van der Waals surface area contributed by atoms with Crippen molar-refractivity contribution in [2.45, 2.75) is 38.1 Å².